The van der Waals surface area contributed by atoms with E-state index in [9.17, 15) is 19.6 Å². The Kier molecular flexibility index (Phi) is 6.31. The number of rotatable bonds is 4. The van der Waals surface area contributed by atoms with Gasteiger partial charge in [0.15, 0.2) is 11.5 Å². The highest BCUT2D eigenvalue weighted by Crippen LogP contribution is 2.37. The van der Waals surface area contributed by atoms with E-state index in [1.807, 2.05) is 21.9 Å². The van der Waals surface area contributed by atoms with Crippen molar-refractivity contribution in [2.45, 2.75) is 38.5 Å². The SMILES string of the molecule is N#Cc1nccnc1N1CCC(CNC(=O)C(=O)Nc2cc3c4c(c2)CCC(=O)N4CCC3)CC1. The molecule has 4 heterocycles. The van der Waals surface area contributed by atoms with E-state index < -0.39 is 11.8 Å². The third kappa shape index (κ3) is 4.67. The minimum Gasteiger partial charge on any atom is -0.354 e. The largest absolute Gasteiger partial charge is 0.354 e. The molecule has 0 atom stereocenters. The molecule has 2 N–H and O–H groups in total. The summed E-state index contributed by atoms with van der Waals surface area (Å²) in [5.74, 6) is -0.360. The third-order valence-electron chi connectivity index (χ3n) is 6.99. The van der Waals surface area contributed by atoms with Gasteiger partial charge < -0.3 is 20.4 Å². The summed E-state index contributed by atoms with van der Waals surface area (Å²) in [7, 11) is 0. The maximum atomic E-state index is 12.5. The molecule has 10 heteroatoms. The van der Waals surface area contributed by atoms with Gasteiger partial charge in [-0.1, -0.05) is 0 Å². The normalized spacial score (nSPS) is 17.4. The van der Waals surface area contributed by atoms with E-state index in [1.165, 1.54) is 6.20 Å². The second-order valence-corrected chi connectivity index (χ2v) is 9.23. The highest BCUT2D eigenvalue weighted by Gasteiger charge is 2.30. The number of amides is 3. The molecular formula is C25H27N7O3. The quantitative estimate of drug-likeness (QED) is 0.644. The van der Waals surface area contributed by atoms with Crippen LogP contribution in [0.5, 0.6) is 0 Å². The van der Waals surface area contributed by atoms with Crippen LogP contribution in [0.4, 0.5) is 17.2 Å². The van der Waals surface area contributed by atoms with E-state index in [1.54, 1.807) is 6.20 Å². The van der Waals surface area contributed by atoms with Crippen LogP contribution in [0.1, 0.15) is 42.5 Å². The molecule has 180 valence electrons. The highest BCUT2D eigenvalue weighted by atomic mass is 16.2. The molecule has 2 aromatic rings. The standard InChI is InChI=1S/C25H27N7O3/c26-14-20-23(28-8-7-27-20)31-10-5-16(6-11-31)15-29-24(34)25(35)30-19-12-17-2-1-9-32-21(33)4-3-18(13-19)22(17)32/h7-8,12-13,16H,1-6,9-11,15H2,(H,29,34)(H,30,35). The molecule has 1 aromatic heterocycles. The van der Waals surface area contributed by atoms with Crippen LogP contribution in [0.25, 0.3) is 0 Å². The van der Waals surface area contributed by atoms with Crippen molar-refractivity contribution in [1.29, 1.82) is 5.26 Å². The van der Waals surface area contributed by atoms with Gasteiger partial charge in [0.05, 0.1) is 5.69 Å². The number of nitrogens with zero attached hydrogens (tertiary/aromatic N) is 5. The first-order valence-corrected chi connectivity index (χ1v) is 12.0. The second kappa shape index (κ2) is 9.70. The van der Waals surface area contributed by atoms with Crippen LogP contribution < -0.4 is 20.4 Å². The van der Waals surface area contributed by atoms with Crippen LogP contribution in [0.2, 0.25) is 0 Å². The van der Waals surface area contributed by atoms with Crippen molar-refractivity contribution >= 4 is 34.9 Å². The van der Waals surface area contributed by atoms with E-state index in [2.05, 4.69) is 26.7 Å². The first kappa shape index (κ1) is 22.8. The maximum Gasteiger partial charge on any atom is 0.313 e. The minimum atomic E-state index is -0.688. The maximum absolute atomic E-state index is 12.5. The van der Waals surface area contributed by atoms with Crippen LogP contribution >= 0.6 is 0 Å². The molecule has 3 aliphatic rings. The monoisotopic (exact) mass is 473 g/mol. The fourth-order valence-electron chi connectivity index (χ4n) is 5.22. The molecular weight excluding hydrogens is 446 g/mol. The number of hydrogen-bond acceptors (Lipinski definition) is 7. The zero-order chi connectivity index (χ0) is 24.4. The smallest absolute Gasteiger partial charge is 0.313 e. The topological polar surface area (TPSA) is 131 Å². The Labute approximate surface area is 203 Å². The predicted octanol–water partition coefficient (Wildman–Crippen LogP) is 1.54. The lowest BCUT2D eigenvalue weighted by Gasteiger charge is -2.35. The first-order valence-electron chi connectivity index (χ1n) is 12.0. The van der Waals surface area contributed by atoms with Gasteiger partial charge in [-0.15, -0.1) is 0 Å². The van der Waals surface area contributed by atoms with Crippen LogP contribution in [-0.4, -0.2) is 53.9 Å². The minimum absolute atomic E-state index is 0.155. The fourth-order valence-corrected chi connectivity index (χ4v) is 5.22. The number of aryl methyl sites for hydroxylation is 2. The summed E-state index contributed by atoms with van der Waals surface area (Å²) < 4.78 is 0. The lowest BCUT2D eigenvalue weighted by atomic mass is 9.91. The third-order valence-corrected chi connectivity index (χ3v) is 6.99. The Morgan fingerprint density at radius 2 is 1.77 bits per heavy atom. The van der Waals surface area contributed by atoms with Crippen LogP contribution in [-0.2, 0) is 27.2 Å². The number of hydrogen-bond donors (Lipinski definition) is 2. The molecule has 1 fully saturated rings. The van der Waals surface area contributed by atoms with Crippen molar-refractivity contribution in [3.05, 3.63) is 41.3 Å². The van der Waals surface area contributed by atoms with Crippen molar-refractivity contribution in [2.24, 2.45) is 5.92 Å². The number of nitriles is 1. The van der Waals surface area contributed by atoms with Crippen molar-refractivity contribution in [2.75, 3.05) is 41.3 Å². The molecule has 0 spiro atoms. The summed E-state index contributed by atoms with van der Waals surface area (Å²) in [6, 6.07) is 5.84. The summed E-state index contributed by atoms with van der Waals surface area (Å²) in [6.45, 7) is 2.57. The van der Waals surface area contributed by atoms with Crippen LogP contribution in [0.3, 0.4) is 0 Å². The number of carbonyl (C=O) groups excluding carboxylic acids is 3. The number of carbonyl (C=O) groups is 3. The van der Waals surface area contributed by atoms with Gasteiger partial charge in [-0.05, 0) is 61.3 Å². The van der Waals surface area contributed by atoms with Gasteiger partial charge in [-0.3, -0.25) is 14.4 Å². The average molecular weight is 474 g/mol. The lowest BCUT2D eigenvalue weighted by Crippen LogP contribution is -2.42. The number of piperidine rings is 1. The van der Waals surface area contributed by atoms with E-state index in [0.29, 0.717) is 49.7 Å². The van der Waals surface area contributed by atoms with Gasteiger partial charge in [0, 0.05) is 50.7 Å². The van der Waals surface area contributed by atoms with Gasteiger partial charge in [0.2, 0.25) is 5.91 Å². The molecule has 0 unspecified atom stereocenters. The van der Waals surface area contributed by atoms with Gasteiger partial charge >= 0.3 is 11.8 Å². The van der Waals surface area contributed by atoms with E-state index in [4.69, 9.17) is 0 Å². The summed E-state index contributed by atoms with van der Waals surface area (Å²) in [5.41, 5.74) is 4.00. The number of aromatic nitrogens is 2. The van der Waals surface area contributed by atoms with Gasteiger partial charge in [-0.2, -0.15) is 5.26 Å². The van der Waals surface area contributed by atoms with Gasteiger partial charge in [0.1, 0.15) is 6.07 Å². The first-order chi connectivity index (χ1) is 17.0. The molecule has 0 saturated carbocycles. The molecule has 1 saturated heterocycles. The predicted molar refractivity (Wildman–Crippen MR) is 129 cm³/mol. The Balaban J connectivity index is 1.14. The van der Waals surface area contributed by atoms with Crippen molar-refractivity contribution in [1.82, 2.24) is 15.3 Å². The van der Waals surface area contributed by atoms with Gasteiger partial charge in [-0.25, -0.2) is 9.97 Å². The molecule has 10 nitrogen and oxygen atoms in total. The zero-order valence-electron chi connectivity index (χ0n) is 19.4. The number of nitrogens with one attached hydrogen (secondary N) is 2. The molecule has 1 aromatic carbocycles. The summed E-state index contributed by atoms with van der Waals surface area (Å²) in [6.07, 6.45) is 7.57. The van der Waals surface area contributed by atoms with Crippen LogP contribution in [0.15, 0.2) is 24.5 Å². The Morgan fingerprint density at radius 3 is 2.54 bits per heavy atom. The van der Waals surface area contributed by atoms with Crippen molar-refractivity contribution in [3.8, 4) is 6.07 Å². The number of anilines is 3. The summed E-state index contributed by atoms with van der Waals surface area (Å²) in [4.78, 5) is 49.5. The van der Waals surface area contributed by atoms with E-state index in [0.717, 1.165) is 49.0 Å². The van der Waals surface area contributed by atoms with Crippen molar-refractivity contribution in [3.63, 3.8) is 0 Å². The van der Waals surface area contributed by atoms with Crippen molar-refractivity contribution < 1.29 is 14.4 Å². The molecule has 5 rings (SSSR count). The van der Waals surface area contributed by atoms with E-state index in [-0.39, 0.29) is 11.8 Å². The molecule has 0 radical (unpaired) electrons. The van der Waals surface area contributed by atoms with Crippen LogP contribution in [0, 0.1) is 17.2 Å². The molecule has 3 amide bonds. The average Bonchev–Trinajstić information content (AvgIpc) is 2.89. The Hall–Kier alpha value is -4.00. The Bertz CT molecular complexity index is 1200. The molecule has 0 bridgehead atoms. The summed E-state index contributed by atoms with van der Waals surface area (Å²) in [5, 5.41) is 14.7. The second-order valence-electron chi connectivity index (χ2n) is 9.23. The molecule has 35 heavy (non-hydrogen) atoms. The molecule has 3 aliphatic heterocycles. The lowest BCUT2D eigenvalue weighted by molar-refractivity contribution is -0.136. The molecule has 0 aliphatic carbocycles. The Morgan fingerprint density at radius 1 is 1.03 bits per heavy atom. The highest BCUT2D eigenvalue weighted by molar-refractivity contribution is 6.39. The zero-order valence-corrected chi connectivity index (χ0v) is 19.4. The van der Waals surface area contributed by atoms with E-state index >= 15 is 0 Å². The fraction of sp³-hybridized carbons (Fsp3) is 0.440. The number of benzene rings is 1. The summed E-state index contributed by atoms with van der Waals surface area (Å²) >= 11 is 0. The van der Waals surface area contributed by atoms with Gasteiger partial charge in [0.25, 0.3) is 0 Å².